The molecule has 4 heteroatoms. The number of rotatable bonds is 3. The van der Waals surface area contributed by atoms with Crippen LogP contribution in [-0.2, 0) is 9.59 Å². The Balaban J connectivity index is 1.77. The predicted molar refractivity (Wildman–Crippen MR) is 60.7 cm³/mol. The summed E-state index contributed by atoms with van der Waals surface area (Å²) in [5.74, 6) is -0.129. The van der Waals surface area contributed by atoms with Crippen LogP contribution in [0.1, 0.15) is 39.0 Å². The maximum Gasteiger partial charge on any atom is 0.225 e. The van der Waals surface area contributed by atoms with Gasteiger partial charge in [-0.25, -0.2) is 0 Å². The first-order chi connectivity index (χ1) is 7.59. The van der Waals surface area contributed by atoms with Crippen LogP contribution in [0.4, 0.5) is 0 Å². The van der Waals surface area contributed by atoms with E-state index in [1.807, 2.05) is 0 Å². The Hall–Kier alpha value is -1.06. The van der Waals surface area contributed by atoms with Crippen molar-refractivity contribution in [2.24, 2.45) is 11.3 Å². The third kappa shape index (κ3) is 2.54. The molecule has 1 atom stereocenters. The number of hydrogen-bond donors (Lipinski definition) is 2. The summed E-state index contributed by atoms with van der Waals surface area (Å²) in [6.45, 7) is 3.50. The quantitative estimate of drug-likeness (QED) is 0.745. The Morgan fingerprint density at radius 3 is 2.75 bits per heavy atom. The van der Waals surface area contributed by atoms with Gasteiger partial charge in [0.2, 0.25) is 11.8 Å². The molecule has 0 aromatic rings. The van der Waals surface area contributed by atoms with Gasteiger partial charge in [0.15, 0.2) is 0 Å². The number of nitrogens with one attached hydrogen (secondary N) is 2. The Morgan fingerprint density at radius 1 is 1.50 bits per heavy atom. The number of carbonyl (C=O) groups is 2. The molecule has 16 heavy (non-hydrogen) atoms. The van der Waals surface area contributed by atoms with Gasteiger partial charge in [-0.1, -0.05) is 19.8 Å². The van der Waals surface area contributed by atoms with Gasteiger partial charge < -0.3 is 10.6 Å². The maximum atomic E-state index is 11.8. The maximum absolute atomic E-state index is 11.8. The van der Waals surface area contributed by atoms with Crippen molar-refractivity contribution in [3.8, 4) is 0 Å². The van der Waals surface area contributed by atoms with Crippen molar-refractivity contribution >= 4 is 11.8 Å². The van der Waals surface area contributed by atoms with Crippen LogP contribution in [0.2, 0.25) is 0 Å². The molecule has 2 aliphatic rings. The molecule has 2 amide bonds. The zero-order valence-electron chi connectivity index (χ0n) is 9.84. The fourth-order valence-corrected chi connectivity index (χ4v) is 2.64. The predicted octanol–water partition coefficient (Wildman–Crippen LogP) is 0.819. The largest absolute Gasteiger partial charge is 0.355 e. The lowest BCUT2D eigenvalue weighted by atomic mass is 9.88. The van der Waals surface area contributed by atoms with Gasteiger partial charge in [-0.2, -0.15) is 0 Å². The van der Waals surface area contributed by atoms with Crippen LogP contribution in [-0.4, -0.2) is 24.9 Å². The fourth-order valence-electron chi connectivity index (χ4n) is 2.64. The second-order valence-electron chi connectivity index (χ2n) is 5.44. The topological polar surface area (TPSA) is 58.2 Å². The lowest BCUT2D eigenvalue weighted by molar-refractivity contribution is -0.126. The number of hydrogen-bond acceptors (Lipinski definition) is 2. The molecular weight excluding hydrogens is 204 g/mol. The summed E-state index contributed by atoms with van der Waals surface area (Å²) < 4.78 is 0. The molecule has 1 aliphatic carbocycles. The molecule has 1 heterocycles. The van der Waals surface area contributed by atoms with Crippen LogP contribution >= 0.6 is 0 Å². The average molecular weight is 224 g/mol. The molecule has 1 saturated heterocycles. The average Bonchev–Trinajstić information content (AvgIpc) is 2.85. The van der Waals surface area contributed by atoms with Gasteiger partial charge in [-0.05, 0) is 18.3 Å². The standard InChI is InChI=1S/C12H20N2O2/c1-12(4-2-3-5-12)8-14-11(16)9-6-10(15)13-7-9/h9H,2-8H2,1H3,(H,13,15)(H,14,16). The van der Waals surface area contributed by atoms with E-state index >= 15 is 0 Å². The van der Waals surface area contributed by atoms with Crippen molar-refractivity contribution in [3.05, 3.63) is 0 Å². The molecule has 0 spiro atoms. The number of amides is 2. The molecule has 0 aromatic carbocycles. The molecule has 2 N–H and O–H groups in total. The summed E-state index contributed by atoms with van der Waals surface area (Å²) in [7, 11) is 0. The summed E-state index contributed by atoms with van der Waals surface area (Å²) in [4.78, 5) is 22.8. The molecule has 2 rings (SSSR count). The Bertz CT molecular complexity index is 295. The van der Waals surface area contributed by atoms with Crippen LogP contribution in [0.25, 0.3) is 0 Å². The van der Waals surface area contributed by atoms with Gasteiger partial charge in [0.1, 0.15) is 0 Å². The van der Waals surface area contributed by atoms with Gasteiger partial charge >= 0.3 is 0 Å². The van der Waals surface area contributed by atoms with Crippen LogP contribution in [0.3, 0.4) is 0 Å². The zero-order chi connectivity index (χ0) is 11.6. The van der Waals surface area contributed by atoms with Crippen molar-refractivity contribution in [2.45, 2.75) is 39.0 Å². The molecule has 4 nitrogen and oxygen atoms in total. The molecule has 0 aromatic heterocycles. The lowest BCUT2D eigenvalue weighted by Crippen LogP contribution is -2.38. The molecule has 1 aliphatic heterocycles. The monoisotopic (exact) mass is 224 g/mol. The molecule has 90 valence electrons. The molecule has 2 fully saturated rings. The third-order valence-corrected chi connectivity index (χ3v) is 3.85. The summed E-state index contributed by atoms with van der Waals surface area (Å²) >= 11 is 0. The Kier molecular flexibility index (Phi) is 3.17. The SMILES string of the molecule is CC1(CNC(=O)C2CNC(=O)C2)CCCC1. The Morgan fingerprint density at radius 2 is 2.19 bits per heavy atom. The van der Waals surface area contributed by atoms with Crippen LogP contribution < -0.4 is 10.6 Å². The summed E-state index contributed by atoms with van der Waals surface area (Å²) in [6, 6.07) is 0. The highest BCUT2D eigenvalue weighted by molar-refractivity contribution is 5.89. The summed E-state index contributed by atoms with van der Waals surface area (Å²) in [6.07, 6.45) is 5.30. The van der Waals surface area contributed by atoms with E-state index in [1.54, 1.807) is 0 Å². The second kappa shape index (κ2) is 4.44. The van der Waals surface area contributed by atoms with E-state index in [1.165, 1.54) is 25.7 Å². The van der Waals surface area contributed by atoms with E-state index in [2.05, 4.69) is 17.6 Å². The first-order valence-electron chi connectivity index (χ1n) is 6.13. The minimum Gasteiger partial charge on any atom is -0.355 e. The first kappa shape index (κ1) is 11.4. The van der Waals surface area contributed by atoms with Gasteiger partial charge in [0.25, 0.3) is 0 Å². The first-order valence-corrected chi connectivity index (χ1v) is 6.13. The van der Waals surface area contributed by atoms with E-state index in [0.717, 1.165) is 6.54 Å². The third-order valence-electron chi connectivity index (χ3n) is 3.85. The fraction of sp³-hybridized carbons (Fsp3) is 0.833. The van der Waals surface area contributed by atoms with E-state index in [-0.39, 0.29) is 23.1 Å². The van der Waals surface area contributed by atoms with Crippen LogP contribution in [0, 0.1) is 11.3 Å². The highest BCUT2D eigenvalue weighted by Gasteiger charge is 2.32. The smallest absolute Gasteiger partial charge is 0.225 e. The molecule has 0 bridgehead atoms. The van der Waals surface area contributed by atoms with Gasteiger partial charge in [0.05, 0.1) is 5.92 Å². The second-order valence-corrected chi connectivity index (χ2v) is 5.44. The van der Waals surface area contributed by atoms with Crippen molar-refractivity contribution in [3.63, 3.8) is 0 Å². The Labute approximate surface area is 96.2 Å². The molecule has 0 radical (unpaired) electrons. The molecule has 1 saturated carbocycles. The highest BCUT2D eigenvalue weighted by atomic mass is 16.2. The highest BCUT2D eigenvalue weighted by Crippen LogP contribution is 2.36. The van der Waals surface area contributed by atoms with E-state index in [9.17, 15) is 9.59 Å². The summed E-state index contributed by atoms with van der Waals surface area (Å²) in [5, 5.41) is 5.68. The van der Waals surface area contributed by atoms with Gasteiger partial charge in [0, 0.05) is 19.5 Å². The van der Waals surface area contributed by atoms with Crippen molar-refractivity contribution in [1.29, 1.82) is 0 Å². The minimum atomic E-state index is -0.155. The van der Waals surface area contributed by atoms with Crippen molar-refractivity contribution in [2.75, 3.05) is 13.1 Å². The molecule has 1 unspecified atom stereocenters. The zero-order valence-corrected chi connectivity index (χ0v) is 9.84. The van der Waals surface area contributed by atoms with Crippen molar-refractivity contribution in [1.82, 2.24) is 10.6 Å². The summed E-state index contributed by atoms with van der Waals surface area (Å²) in [5.41, 5.74) is 0.283. The lowest BCUT2D eigenvalue weighted by Gasteiger charge is -2.24. The van der Waals surface area contributed by atoms with Crippen LogP contribution in [0.5, 0.6) is 0 Å². The number of carbonyl (C=O) groups excluding carboxylic acids is 2. The van der Waals surface area contributed by atoms with Gasteiger partial charge in [-0.15, -0.1) is 0 Å². The molecular formula is C12H20N2O2. The van der Waals surface area contributed by atoms with Gasteiger partial charge in [-0.3, -0.25) is 9.59 Å². The van der Waals surface area contributed by atoms with E-state index in [4.69, 9.17) is 0 Å². The van der Waals surface area contributed by atoms with Crippen LogP contribution in [0.15, 0.2) is 0 Å². The van der Waals surface area contributed by atoms with E-state index in [0.29, 0.717) is 13.0 Å². The normalized spacial score (nSPS) is 27.8. The minimum absolute atomic E-state index is 0.00720. The van der Waals surface area contributed by atoms with E-state index < -0.39 is 0 Å². The van der Waals surface area contributed by atoms with Crippen molar-refractivity contribution < 1.29 is 9.59 Å².